The third-order valence-electron chi connectivity index (χ3n) is 5.24. The van der Waals surface area contributed by atoms with Crippen LogP contribution in [0.3, 0.4) is 0 Å². The van der Waals surface area contributed by atoms with Crippen molar-refractivity contribution in [1.82, 2.24) is 9.88 Å². The summed E-state index contributed by atoms with van der Waals surface area (Å²) in [6.45, 7) is 6.74. The molecule has 122 valence electrons. The average Bonchev–Trinajstić information content (AvgIpc) is 2.50. The summed E-state index contributed by atoms with van der Waals surface area (Å²) < 4.78 is 0. The molecule has 1 saturated heterocycles. The zero-order chi connectivity index (χ0) is 16.8. The van der Waals surface area contributed by atoms with Crippen molar-refractivity contribution in [2.24, 2.45) is 5.41 Å². The highest BCUT2D eigenvalue weighted by Crippen LogP contribution is 2.38. The number of nitrogens with one attached hydrogen (secondary N) is 1. The maximum absolute atomic E-state index is 12.9. The van der Waals surface area contributed by atoms with E-state index in [-0.39, 0.29) is 16.9 Å². The van der Waals surface area contributed by atoms with Crippen LogP contribution in [0.15, 0.2) is 35.3 Å². The summed E-state index contributed by atoms with van der Waals surface area (Å²) in [5, 5.41) is 11.7. The number of carbonyl (C=O) groups excluding carboxylic acids is 1. The normalized spacial score (nSPS) is 23.9. The largest absolute Gasteiger partial charge is 0.389 e. The molecule has 3 rings (SSSR count). The second-order valence-corrected chi connectivity index (χ2v) is 7.21. The topological polar surface area (TPSA) is 73.4 Å². The minimum atomic E-state index is -0.795. The van der Waals surface area contributed by atoms with Gasteiger partial charge in [-0.25, -0.2) is 0 Å². The number of fused-ring (bicyclic) bond motifs is 1. The van der Waals surface area contributed by atoms with Gasteiger partial charge in [0, 0.05) is 35.5 Å². The van der Waals surface area contributed by atoms with Crippen LogP contribution in [0, 0.1) is 5.41 Å². The van der Waals surface area contributed by atoms with Crippen LogP contribution in [0.25, 0.3) is 10.8 Å². The number of benzene rings is 1. The summed E-state index contributed by atoms with van der Waals surface area (Å²) in [4.78, 5) is 29.3. The Hall–Kier alpha value is -2.14. The van der Waals surface area contributed by atoms with Crippen molar-refractivity contribution in [2.75, 3.05) is 13.1 Å². The van der Waals surface area contributed by atoms with Crippen molar-refractivity contribution in [3.63, 3.8) is 0 Å². The molecule has 5 nitrogen and oxygen atoms in total. The van der Waals surface area contributed by atoms with E-state index in [1.165, 1.54) is 6.20 Å². The van der Waals surface area contributed by atoms with E-state index < -0.39 is 5.60 Å². The molecule has 1 aromatic heterocycles. The van der Waals surface area contributed by atoms with Gasteiger partial charge in [0.05, 0.1) is 11.2 Å². The second-order valence-electron chi connectivity index (χ2n) is 7.21. The fourth-order valence-electron chi connectivity index (χ4n) is 3.15. The standard InChI is InChI=1S/C18H22N2O3/c1-17(2)11-20(9-8-18(17,3)23)16(22)14-10-19-15(21)13-7-5-4-6-12(13)14/h4-7,10,23H,8-9,11H2,1-3H3,(H,19,21)/t18-/m1/s1. The number of carbonyl (C=O) groups is 1. The molecule has 23 heavy (non-hydrogen) atoms. The number of aliphatic hydroxyl groups is 1. The van der Waals surface area contributed by atoms with Crippen LogP contribution in [0.1, 0.15) is 37.6 Å². The molecule has 2 aromatic rings. The minimum Gasteiger partial charge on any atom is -0.389 e. The predicted octanol–water partition coefficient (Wildman–Crippen LogP) is 2.15. The maximum Gasteiger partial charge on any atom is 0.255 e. The molecule has 2 N–H and O–H groups in total. The quantitative estimate of drug-likeness (QED) is 0.847. The van der Waals surface area contributed by atoms with Gasteiger partial charge >= 0.3 is 0 Å². The molecule has 1 amide bonds. The molecule has 0 aliphatic carbocycles. The Labute approximate surface area is 134 Å². The van der Waals surface area contributed by atoms with Gasteiger partial charge in [-0.15, -0.1) is 0 Å². The molecule has 1 aromatic carbocycles. The molecule has 1 fully saturated rings. The number of aromatic amines is 1. The van der Waals surface area contributed by atoms with Crippen molar-refractivity contribution in [3.05, 3.63) is 46.4 Å². The first-order valence-electron chi connectivity index (χ1n) is 7.85. The van der Waals surface area contributed by atoms with Crippen molar-refractivity contribution in [3.8, 4) is 0 Å². The van der Waals surface area contributed by atoms with Gasteiger partial charge in [0.2, 0.25) is 0 Å². The van der Waals surface area contributed by atoms with Crippen molar-refractivity contribution in [1.29, 1.82) is 0 Å². The van der Waals surface area contributed by atoms with E-state index in [9.17, 15) is 14.7 Å². The molecule has 0 unspecified atom stereocenters. The summed E-state index contributed by atoms with van der Waals surface area (Å²) in [5.41, 5.74) is -0.882. The molecule has 0 bridgehead atoms. The summed E-state index contributed by atoms with van der Waals surface area (Å²) in [7, 11) is 0. The van der Waals surface area contributed by atoms with Gasteiger partial charge < -0.3 is 15.0 Å². The Balaban J connectivity index is 1.99. The summed E-state index contributed by atoms with van der Waals surface area (Å²) in [6, 6.07) is 7.12. The summed E-state index contributed by atoms with van der Waals surface area (Å²) >= 11 is 0. The van der Waals surface area contributed by atoms with Crippen LogP contribution in [0.5, 0.6) is 0 Å². The van der Waals surface area contributed by atoms with Crippen LogP contribution >= 0.6 is 0 Å². The van der Waals surface area contributed by atoms with E-state index in [1.807, 2.05) is 26.8 Å². The Morgan fingerprint density at radius 1 is 1.22 bits per heavy atom. The molecule has 1 aliphatic heterocycles. The molecular weight excluding hydrogens is 292 g/mol. The number of H-pyrrole nitrogens is 1. The molecule has 1 atom stereocenters. The molecular formula is C18H22N2O3. The molecule has 0 spiro atoms. The molecule has 0 radical (unpaired) electrons. The van der Waals surface area contributed by atoms with Crippen LogP contribution in [-0.2, 0) is 0 Å². The van der Waals surface area contributed by atoms with Gasteiger partial charge in [-0.2, -0.15) is 0 Å². The maximum atomic E-state index is 12.9. The highest BCUT2D eigenvalue weighted by atomic mass is 16.3. The third-order valence-corrected chi connectivity index (χ3v) is 5.24. The van der Waals surface area contributed by atoms with E-state index in [4.69, 9.17) is 0 Å². The van der Waals surface area contributed by atoms with Gasteiger partial charge in [0.25, 0.3) is 11.5 Å². The Morgan fingerprint density at radius 2 is 1.87 bits per heavy atom. The third kappa shape index (κ3) is 2.55. The fraction of sp³-hybridized carbons (Fsp3) is 0.444. The van der Waals surface area contributed by atoms with E-state index in [2.05, 4.69) is 4.98 Å². The highest BCUT2D eigenvalue weighted by Gasteiger charge is 2.45. The lowest BCUT2D eigenvalue weighted by Gasteiger charge is -2.48. The first-order valence-corrected chi connectivity index (χ1v) is 7.85. The Bertz CT molecular complexity index is 820. The van der Waals surface area contributed by atoms with Crippen LogP contribution in [0.4, 0.5) is 0 Å². The number of piperidine rings is 1. The van der Waals surface area contributed by atoms with Crippen LogP contribution < -0.4 is 5.56 Å². The van der Waals surface area contributed by atoms with Gasteiger partial charge in [0.1, 0.15) is 0 Å². The molecule has 0 saturated carbocycles. The lowest BCUT2D eigenvalue weighted by molar-refractivity contribution is -0.0970. The monoisotopic (exact) mass is 314 g/mol. The number of amides is 1. The second kappa shape index (κ2) is 5.20. The zero-order valence-electron chi connectivity index (χ0n) is 13.7. The van der Waals surface area contributed by atoms with Gasteiger partial charge in [-0.3, -0.25) is 9.59 Å². The number of aromatic nitrogens is 1. The Morgan fingerprint density at radius 3 is 2.52 bits per heavy atom. The number of likely N-dealkylation sites (tertiary alicyclic amines) is 1. The Kier molecular flexibility index (Phi) is 3.56. The summed E-state index contributed by atoms with van der Waals surface area (Å²) in [5.74, 6) is -0.110. The first-order chi connectivity index (χ1) is 10.7. The van der Waals surface area contributed by atoms with Crippen molar-refractivity contribution >= 4 is 16.7 Å². The highest BCUT2D eigenvalue weighted by molar-refractivity contribution is 6.06. The van der Waals surface area contributed by atoms with Gasteiger partial charge in [-0.05, 0) is 19.4 Å². The SMILES string of the molecule is CC1(C)CN(C(=O)c2c[nH]c(=O)c3ccccc23)CC[C@@]1(C)O. The van der Waals surface area contributed by atoms with E-state index in [1.54, 1.807) is 23.1 Å². The van der Waals surface area contributed by atoms with Crippen LogP contribution in [-0.4, -0.2) is 39.6 Å². The number of hydrogen-bond acceptors (Lipinski definition) is 3. The molecule has 1 aliphatic rings. The summed E-state index contributed by atoms with van der Waals surface area (Å²) in [6.07, 6.45) is 2.03. The van der Waals surface area contributed by atoms with Gasteiger partial charge in [-0.1, -0.05) is 32.0 Å². The number of hydrogen-bond donors (Lipinski definition) is 2. The minimum absolute atomic E-state index is 0.110. The smallest absolute Gasteiger partial charge is 0.255 e. The van der Waals surface area contributed by atoms with Crippen molar-refractivity contribution in [2.45, 2.75) is 32.8 Å². The number of pyridine rings is 1. The lowest BCUT2D eigenvalue weighted by Crippen LogP contribution is -2.57. The number of rotatable bonds is 1. The molecule has 2 heterocycles. The van der Waals surface area contributed by atoms with Crippen LogP contribution in [0.2, 0.25) is 0 Å². The first kappa shape index (κ1) is 15.7. The fourth-order valence-corrected chi connectivity index (χ4v) is 3.15. The average molecular weight is 314 g/mol. The van der Waals surface area contributed by atoms with E-state index in [0.717, 1.165) is 0 Å². The van der Waals surface area contributed by atoms with Crippen molar-refractivity contribution < 1.29 is 9.90 Å². The number of nitrogens with zero attached hydrogens (tertiary/aromatic N) is 1. The van der Waals surface area contributed by atoms with E-state index >= 15 is 0 Å². The lowest BCUT2D eigenvalue weighted by atomic mass is 9.71. The zero-order valence-corrected chi connectivity index (χ0v) is 13.7. The molecule has 5 heteroatoms. The van der Waals surface area contributed by atoms with E-state index in [0.29, 0.717) is 35.8 Å². The van der Waals surface area contributed by atoms with Gasteiger partial charge in [0.15, 0.2) is 0 Å². The predicted molar refractivity (Wildman–Crippen MR) is 89.5 cm³/mol.